The lowest BCUT2D eigenvalue weighted by Gasteiger charge is -2.33. The highest BCUT2D eigenvalue weighted by Crippen LogP contribution is 2.37. The van der Waals surface area contributed by atoms with Crippen LogP contribution >= 0.6 is 0 Å². The van der Waals surface area contributed by atoms with E-state index in [0.29, 0.717) is 5.92 Å². The molecule has 2 aliphatic rings. The molecule has 2 nitrogen and oxygen atoms in total. The summed E-state index contributed by atoms with van der Waals surface area (Å²) in [7, 11) is -1.60. The predicted octanol–water partition coefficient (Wildman–Crippen LogP) is 2.24. The van der Waals surface area contributed by atoms with Crippen molar-refractivity contribution in [1.82, 2.24) is 0 Å². The maximum atomic E-state index is 9.99. The molecule has 0 bridgehead atoms. The lowest BCUT2D eigenvalue weighted by molar-refractivity contribution is 0.0898. The molecule has 2 atom stereocenters. The van der Waals surface area contributed by atoms with Crippen LogP contribution in [0.15, 0.2) is 11.3 Å². The van der Waals surface area contributed by atoms with Gasteiger partial charge in [-0.1, -0.05) is 24.1 Å². The van der Waals surface area contributed by atoms with Crippen molar-refractivity contribution in [3.8, 4) is 0 Å². The molecule has 1 fully saturated rings. The minimum atomic E-state index is -1.60. The summed E-state index contributed by atoms with van der Waals surface area (Å²) < 4.78 is 5.79. The smallest absolute Gasteiger partial charge is 0.214 e. The van der Waals surface area contributed by atoms with E-state index < -0.39 is 8.32 Å². The van der Waals surface area contributed by atoms with Gasteiger partial charge in [0.25, 0.3) is 0 Å². The molecule has 80 valence electrons. The fraction of sp³-hybridized carbons (Fsp3) is 0.818. The molecule has 1 aliphatic heterocycles. The number of hydrogen-bond acceptors (Lipinski definition) is 2. The van der Waals surface area contributed by atoms with E-state index in [-0.39, 0.29) is 6.10 Å². The van der Waals surface area contributed by atoms with E-state index in [2.05, 4.69) is 19.2 Å². The first-order chi connectivity index (χ1) is 6.61. The first-order valence-corrected chi connectivity index (χ1v) is 8.54. The predicted molar refractivity (Wildman–Crippen MR) is 59.5 cm³/mol. The molecule has 0 saturated heterocycles. The second kappa shape index (κ2) is 3.80. The van der Waals surface area contributed by atoms with Crippen molar-refractivity contribution in [3.63, 3.8) is 0 Å². The summed E-state index contributed by atoms with van der Waals surface area (Å²) in [5.74, 6) is 0.410. The molecule has 0 radical (unpaired) electrons. The van der Waals surface area contributed by atoms with E-state index in [1.54, 1.807) is 0 Å². The van der Waals surface area contributed by atoms with Crippen molar-refractivity contribution in [3.05, 3.63) is 11.3 Å². The van der Waals surface area contributed by atoms with Gasteiger partial charge < -0.3 is 9.53 Å². The standard InChI is InChI=1S/C11H20O2Si/c1-14(2)11(7-8-13-14)9-5-3-4-6-10(9)12/h7,9-10,12H,3-6,8H2,1-2H3/t9-,10-/m1/s1. The van der Waals surface area contributed by atoms with Crippen molar-refractivity contribution in [1.29, 1.82) is 0 Å². The Bertz CT molecular complexity index is 248. The van der Waals surface area contributed by atoms with E-state index in [1.165, 1.54) is 18.0 Å². The first-order valence-electron chi connectivity index (χ1n) is 5.64. The molecule has 3 heteroatoms. The van der Waals surface area contributed by atoms with E-state index in [0.717, 1.165) is 19.4 Å². The summed E-state index contributed by atoms with van der Waals surface area (Å²) in [5, 5.41) is 11.5. The summed E-state index contributed by atoms with van der Waals surface area (Å²) in [6, 6.07) is 0. The third-order valence-corrected chi connectivity index (χ3v) is 6.43. The van der Waals surface area contributed by atoms with Gasteiger partial charge in [-0.25, -0.2) is 0 Å². The van der Waals surface area contributed by atoms with Gasteiger partial charge in [-0.2, -0.15) is 0 Å². The molecular formula is C11H20O2Si. The van der Waals surface area contributed by atoms with Crippen LogP contribution in [0, 0.1) is 5.92 Å². The van der Waals surface area contributed by atoms with E-state index in [4.69, 9.17) is 4.43 Å². The van der Waals surface area contributed by atoms with Crippen LogP contribution in [0.25, 0.3) is 0 Å². The van der Waals surface area contributed by atoms with Crippen molar-refractivity contribution >= 4 is 8.32 Å². The minimum Gasteiger partial charge on any atom is -0.410 e. The third kappa shape index (κ3) is 1.81. The lowest BCUT2D eigenvalue weighted by atomic mass is 9.86. The van der Waals surface area contributed by atoms with Crippen molar-refractivity contribution in [2.75, 3.05) is 6.61 Å². The highest BCUT2D eigenvalue weighted by molar-refractivity contribution is 6.79. The summed E-state index contributed by atoms with van der Waals surface area (Å²) >= 11 is 0. The molecule has 0 amide bonds. The highest BCUT2D eigenvalue weighted by Gasteiger charge is 2.39. The summed E-state index contributed by atoms with van der Waals surface area (Å²) in [6.45, 7) is 5.26. The average Bonchev–Trinajstić information content (AvgIpc) is 2.46. The van der Waals surface area contributed by atoms with Gasteiger partial charge in [0.2, 0.25) is 8.32 Å². The zero-order valence-corrected chi connectivity index (χ0v) is 10.1. The average molecular weight is 212 g/mol. The van der Waals surface area contributed by atoms with Gasteiger partial charge in [-0.15, -0.1) is 0 Å². The maximum absolute atomic E-state index is 9.99. The molecule has 1 saturated carbocycles. The van der Waals surface area contributed by atoms with Crippen LogP contribution in [0.2, 0.25) is 13.1 Å². The number of hydrogen-bond donors (Lipinski definition) is 1. The van der Waals surface area contributed by atoms with Crippen LogP contribution in [0.5, 0.6) is 0 Å². The molecule has 1 N–H and O–H groups in total. The molecule has 0 spiro atoms. The van der Waals surface area contributed by atoms with Gasteiger partial charge >= 0.3 is 0 Å². The molecule has 0 aromatic carbocycles. The Morgan fingerprint density at radius 2 is 2.07 bits per heavy atom. The fourth-order valence-electron chi connectivity index (χ4n) is 2.74. The van der Waals surface area contributed by atoms with E-state index >= 15 is 0 Å². The molecular weight excluding hydrogens is 192 g/mol. The Balaban J connectivity index is 2.13. The Morgan fingerprint density at radius 1 is 1.36 bits per heavy atom. The highest BCUT2D eigenvalue weighted by atomic mass is 28.4. The Labute approximate surface area is 87.1 Å². The summed E-state index contributed by atoms with van der Waals surface area (Å²) in [6.07, 6.45) is 6.71. The van der Waals surface area contributed by atoms with Crippen LogP contribution in [-0.2, 0) is 4.43 Å². The molecule has 14 heavy (non-hydrogen) atoms. The normalized spacial score (nSPS) is 36.9. The van der Waals surface area contributed by atoms with Crippen molar-refractivity contribution in [2.24, 2.45) is 5.92 Å². The Kier molecular flexibility index (Phi) is 2.82. The van der Waals surface area contributed by atoms with Crippen molar-refractivity contribution < 1.29 is 9.53 Å². The quantitative estimate of drug-likeness (QED) is 0.675. The first kappa shape index (κ1) is 10.4. The van der Waals surface area contributed by atoms with Crippen LogP contribution < -0.4 is 0 Å². The lowest BCUT2D eigenvalue weighted by Crippen LogP contribution is -2.38. The van der Waals surface area contributed by atoms with Crippen LogP contribution in [0.3, 0.4) is 0 Å². The van der Waals surface area contributed by atoms with Gasteiger partial charge in [0.1, 0.15) is 0 Å². The van der Waals surface area contributed by atoms with E-state index in [1.807, 2.05) is 0 Å². The second-order valence-electron chi connectivity index (χ2n) is 4.94. The Morgan fingerprint density at radius 3 is 2.64 bits per heavy atom. The number of aliphatic hydroxyl groups excluding tert-OH is 1. The molecule has 1 aliphatic carbocycles. The number of aliphatic hydroxyl groups is 1. The third-order valence-electron chi connectivity index (χ3n) is 3.57. The topological polar surface area (TPSA) is 29.5 Å². The molecule has 0 aromatic rings. The van der Waals surface area contributed by atoms with Gasteiger partial charge in [-0.3, -0.25) is 0 Å². The van der Waals surface area contributed by atoms with Crippen LogP contribution in [-0.4, -0.2) is 26.1 Å². The molecule has 1 heterocycles. The van der Waals surface area contributed by atoms with E-state index in [9.17, 15) is 5.11 Å². The SMILES string of the molecule is C[Si]1(C)OCC=C1[C@@H]1CCCC[C@H]1O. The number of rotatable bonds is 1. The molecule has 0 unspecified atom stereocenters. The van der Waals surface area contributed by atoms with Crippen LogP contribution in [0.4, 0.5) is 0 Å². The Hall–Kier alpha value is -0.123. The summed E-state index contributed by atoms with van der Waals surface area (Å²) in [4.78, 5) is 0. The largest absolute Gasteiger partial charge is 0.410 e. The second-order valence-corrected chi connectivity index (χ2v) is 8.83. The zero-order chi connectivity index (χ0) is 10.2. The van der Waals surface area contributed by atoms with Gasteiger partial charge in [0.15, 0.2) is 0 Å². The minimum absolute atomic E-state index is 0.108. The maximum Gasteiger partial charge on any atom is 0.214 e. The van der Waals surface area contributed by atoms with Gasteiger partial charge in [0.05, 0.1) is 12.7 Å². The summed E-state index contributed by atoms with van der Waals surface area (Å²) in [5.41, 5.74) is 0. The molecule has 0 aromatic heterocycles. The van der Waals surface area contributed by atoms with Gasteiger partial charge in [0, 0.05) is 5.92 Å². The van der Waals surface area contributed by atoms with Gasteiger partial charge in [-0.05, 0) is 25.9 Å². The monoisotopic (exact) mass is 212 g/mol. The van der Waals surface area contributed by atoms with Crippen LogP contribution in [0.1, 0.15) is 25.7 Å². The zero-order valence-electron chi connectivity index (χ0n) is 9.12. The fourth-order valence-corrected chi connectivity index (χ4v) is 5.21. The van der Waals surface area contributed by atoms with Crippen molar-refractivity contribution in [2.45, 2.75) is 44.9 Å². The molecule has 2 rings (SSSR count).